The second-order valence-corrected chi connectivity index (χ2v) is 13.5. The molecule has 6 rings (SSSR count). The van der Waals surface area contributed by atoms with E-state index in [1.807, 2.05) is 13.8 Å². The molecule has 15 heteroatoms. The maximum Gasteiger partial charge on any atom is 0.335 e. The molecule has 1 aliphatic rings. The monoisotopic (exact) mass is 746 g/mol. The van der Waals surface area contributed by atoms with Crippen molar-refractivity contribution in [2.24, 2.45) is 7.05 Å². The fourth-order valence-corrected chi connectivity index (χ4v) is 6.94. The number of nitrogens with zero attached hydrogens (tertiary/aromatic N) is 5. The highest BCUT2D eigenvalue weighted by molar-refractivity contribution is 5.99. The standard InChI is InChI=1S/C39H41F3N6O6/c1-6-25(7-2)54-37(51)29(45-35(49)33-22(3)17-24(19-28(33)40)47-15-16-53-21-32(47)39(4,41)42)18-23-10-11-30(34-26(23)9-8-13-44-34)48-36(50)27-12-14-43-20-31(27)46(5)38(48)52/h8-14,17,19-20,25,29,32H,6-7,15-16,18,21H2,1-5H3,(H,45,49)/t29-,32+/m0/s1. The number of morpholine rings is 1. The summed E-state index contributed by atoms with van der Waals surface area (Å²) >= 11 is 0. The van der Waals surface area contributed by atoms with Crippen LogP contribution in [-0.2, 0) is 27.7 Å². The molecule has 4 heterocycles. The van der Waals surface area contributed by atoms with Crippen LogP contribution in [0.3, 0.4) is 0 Å². The van der Waals surface area contributed by atoms with Crippen LogP contribution in [-0.4, -0.2) is 74.8 Å². The van der Waals surface area contributed by atoms with Crippen molar-refractivity contribution in [3.05, 3.63) is 104 Å². The zero-order chi connectivity index (χ0) is 38.9. The fourth-order valence-electron chi connectivity index (χ4n) is 6.94. The van der Waals surface area contributed by atoms with Gasteiger partial charge in [0.25, 0.3) is 17.4 Å². The lowest BCUT2D eigenvalue weighted by Crippen LogP contribution is -2.54. The van der Waals surface area contributed by atoms with Gasteiger partial charge in [0.1, 0.15) is 24.0 Å². The first-order chi connectivity index (χ1) is 25.7. The average molecular weight is 747 g/mol. The molecule has 0 unspecified atom stereocenters. The molecule has 0 spiro atoms. The number of rotatable bonds is 11. The van der Waals surface area contributed by atoms with Crippen LogP contribution in [0.1, 0.15) is 55.1 Å². The Labute approximate surface area is 308 Å². The topological polar surface area (TPSA) is 138 Å². The number of hydrogen-bond acceptors (Lipinski definition) is 9. The van der Waals surface area contributed by atoms with Crippen molar-refractivity contribution in [3.63, 3.8) is 0 Å². The Morgan fingerprint density at radius 2 is 1.85 bits per heavy atom. The maximum atomic E-state index is 15.9. The summed E-state index contributed by atoms with van der Waals surface area (Å²) in [6.07, 6.45) is 4.87. The van der Waals surface area contributed by atoms with Gasteiger partial charge < -0.3 is 19.7 Å². The number of nitrogens with one attached hydrogen (secondary N) is 1. The number of aromatic nitrogens is 4. The number of fused-ring (bicyclic) bond motifs is 2. The quantitative estimate of drug-likeness (QED) is 0.185. The highest BCUT2D eigenvalue weighted by Gasteiger charge is 2.41. The van der Waals surface area contributed by atoms with Crippen LogP contribution >= 0.6 is 0 Å². The molecule has 54 heavy (non-hydrogen) atoms. The Morgan fingerprint density at radius 3 is 2.56 bits per heavy atom. The van der Waals surface area contributed by atoms with Crippen LogP contribution in [0, 0.1) is 12.7 Å². The van der Waals surface area contributed by atoms with E-state index in [1.54, 1.807) is 24.3 Å². The van der Waals surface area contributed by atoms with Gasteiger partial charge in [-0.2, -0.15) is 0 Å². The van der Waals surface area contributed by atoms with E-state index in [9.17, 15) is 28.0 Å². The van der Waals surface area contributed by atoms with E-state index in [0.717, 1.165) is 17.6 Å². The summed E-state index contributed by atoms with van der Waals surface area (Å²) in [5.41, 5.74) is 0.207. The zero-order valence-electron chi connectivity index (χ0n) is 30.6. The smallest absolute Gasteiger partial charge is 0.335 e. The van der Waals surface area contributed by atoms with E-state index in [1.165, 1.54) is 54.2 Å². The molecule has 284 valence electrons. The molecule has 5 aromatic rings. The van der Waals surface area contributed by atoms with Gasteiger partial charge in [0.05, 0.1) is 47.1 Å². The molecule has 1 N–H and O–H groups in total. The number of carbonyl (C=O) groups is 2. The van der Waals surface area contributed by atoms with Crippen LogP contribution < -0.4 is 21.5 Å². The number of hydrogen-bond donors (Lipinski definition) is 1. The molecule has 1 amide bonds. The zero-order valence-corrected chi connectivity index (χ0v) is 30.6. The van der Waals surface area contributed by atoms with Gasteiger partial charge in [-0.3, -0.25) is 24.1 Å². The third-order valence-electron chi connectivity index (χ3n) is 9.90. The predicted molar refractivity (Wildman–Crippen MR) is 197 cm³/mol. The van der Waals surface area contributed by atoms with Gasteiger partial charge in [-0.15, -0.1) is 0 Å². The van der Waals surface area contributed by atoms with Crippen molar-refractivity contribution in [2.45, 2.75) is 71.1 Å². The van der Waals surface area contributed by atoms with E-state index < -0.39 is 53.1 Å². The van der Waals surface area contributed by atoms with Gasteiger partial charge in [-0.1, -0.05) is 26.0 Å². The van der Waals surface area contributed by atoms with Crippen LogP contribution in [0.2, 0.25) is 0 Å². The molecular weight excluding hydrogens is 705 g/mol. The third kappa shape index (κ3) is 7.32. The lowest BCUT2D eigenvalue weighted by molar-refractivity contribution is -0.151. The highest BCUT2D eigenvalue weighted by Crippen LogP contribution is 2.32. The van der Waals surface area contributed by atoms with Crippen LogP contribution in [0.4, 0.5) is 18.9 Å². The number of anilines is 1. The first-order valence-corrected chi connectivity index (χ1v) is 17.7. The molecule has 12 nitrogen and oxygen atoms in total. The molecule has 3 aromatic heterocycles. The minimum absolute atomic E-state index is 0.103. The Balaban J connectivity index is 1.37. The summed E-state index contributed by atoms with van der Waals surface area (Å²) in [6, 6.07) is 7.95. The number of ether oxygens (including phenoxy) is 2. The summed E-state index contributed by atoms with van der Waals surface area (Å²) in [6.45, 7) is 6.02. The van der Waals surface area contributed by atoms with Crippen molar-refractivity contribution < 1.29 is 32.2 Å². The van der Waals surface area contributed by atoms with Gasteiger partial charge in [0, 0.05) is 50.4 Å². The van der Waals surface area contributed by atoms with Crippen molar-refractivity contribution in [2.75, 3.05) is 24.7 Å². The summed E-state index contributed by atoms with van der Waals surface area (Å²) in [5.74, 6) is -5.74. The lowest BCUT2D eigenvalue weighted by Gasteiger charge is -2.40. The number of pyridine rings is 2. The highest BCUT2D eigenvalue weighted by atomic mass is 19.3. The minimum atomic E-state index is -3.14. The number of alkyl halides is 2. The van der Waals surface area contributed by atoms with E-state index in [0.29, 0.717) is 29.3 Å². The van der Waals surface area contributed by atoms with Crippen LogP contribution in [0.15, 0.2) is 70.6 Å². The fraction of sp³-hybridized carbons (Fsp3) is 0.385. The number of halogens is 3. The first kappa shape index (κ1) is 38.2. The van der Waals surface area contributed by atoms with Crippen molar-refractivity contribution in [3.8, 4) is 5.69 Å². The average Bonchev–Trinajstić information content (AvgIpc) is 3.15. The Bertz CT molecular complexity index is 2330. The second-order valence-electron chi connectivity index (χ2n) is 13.5. The number of carbonyl (C=O) groups excluding carboxylic acids is 2. The molecule has 2 aromatic carbocycles. The first-order valence-electron chi connectivity index (χ1n) is 17.7. The SMILES string of the molecule is CCC(CC)OC(=O)[C@H](Cc1ccc(-n2c(=O)c3ccncc3n(C)c2=O)c2ncccc12)NC(=O)c1c(C)cc(N2CCOC[C@@H]2C(C)(F)F)cc1F. The Hall–Kier alpha value is -5.57. The molecule has 0 radical (unpaired) electrons. The third-order valence-corrected chi connectivity index (χ3v) is 9.90. The van der Waals surface area contributed by atoms with Crippen molar-refractivity contribution in [1.82, 2.24) is 24.4 Å². The summed E-state index contributed by atoms with van der Waals surface area (Å²) in [7, 11) is 1.53. The normalized spacial score (nSPS) is 15.5. The van der Waals surface area contributed by atoms with Crippen LogP contribution in [0.5, 0.6) is 0 Å². The molecule has 2 atom stereocenters. The molecule has 1 fully saturated rings. The van der Waals surface area contributed by atoms with Gasteiger partial charge in [0.2, 0.25) is 0 Å². The molecule has 1 aliphatic heterocycles. The molecule has 0 saturated carbocycles. The van der Waals surface area contributed by atoms with Gasteiger partial charge in [-0.25, -0.2) is 27.3 Å². The lowest BCUT2D eigenvalue weighted by atomic mass is 9.98. The summed E-state index contributed by atoms with van der Waals surface area (Å²) in [4.78, 5) is 64.7. The van der Waals surface area contributed by atoms with Crippen molar-refractivity contribution in [1.29, 1.82) is 0 Å². The van der Waals surface area contributed by atoms with Gasteiger partial charge >= 0.3 is 11.7 Å². The van der Waals surface area contributed by atoms with E-state index >= 15 is 4.39 Å². The van der Waals surface area contributed by atoms with E-state index in [2.05, 4.69) is 15.3 Å². The number of aryl methyl sites for hydroxylation is 2. The largest absolute Gasteiger partial charge is 0.461 e. The van der Waals surface area contributed by atoms with E-state index in [-0.39, 0.29) is 59.6 Å². The Morgan fingerprint density at radius 1 is 1.09 bits per heavy atom. The minimum Gasteiger partial charge on any atom is -0.461 e. The predicted octanol–water partition coefficient (Wildman–Crippen LogP) is 5.01. The van der Waals surface area contributed by atoms with Crippen molar-refractivity contribution >= 4 is 39.4 Å². The van der Waals surface area contributed by atoms with Gasteiger partial charge in [-0.05, 0) is 61.2 Å². The molecule has 1 saturated heterocycles. The molecular formula is C39H41F3N6O6. The van der Waals surface area contributed by atoms with E-state index in [4.69, 9.17) is 9.47 Å². The summed E-state index contributed by atoms with van der Waals surface area (Å²) < 4.78 is 58.1. The Kier molecular flexibility index (Phi) is 10.9. The number of esters is 1. The second kappa shape index (κ2) is 15.4. The summed E-state index contributed by atoms with van der Waals surface area (Å²) in [5, 5.41) is 3.43. The molecule has 0 aliphatic carbocycles. The maximum absolute atomic E-state index is 15.9. The number of benzene rings is 2. The van der Waals surface area contributed by atoms with Crippen LogP contribution in [0.25, 0.3) is 27.5 Å². The van der Waals surface area contributed by atoms with Gasteiger partial charge in [0.15, 0.2) is 0 Å². The molecule has 0 bridgehead atoms. The number of amides is 1.